The van der Waals surface area contributed by atoms with Crippen LogP contribution in [0.25, 0.3) is 0 Å². The molecule has 0 bridgehead atoms. The lowest BCUT2D eigenvalue weighted by Gasteiger charge is -2.22. The van der Waals surface area contributed by atoms with E-state index >= 15 is 0 Å². The maximum absolute atomic E-state index is 11.3. The van der Waals surface area contributed by atoms with Crippen LogP contribution >= 0.6 is 25.3 Å². The molecule has 0 fully saturated rings. The Bertz CT molecular complexity index is 302. The smallest absolute Gasteiger partial charge is 0.0655 e. The maximum Gasteiger partial charge on any atom is 0.0655 e. The highest BCUT2D eigenvalue weighted by molar-refractivity contribution is 7.82. The first-order chi connectivity index (χ1) is 7.49. The molecule has 0 atom stereocenters. The summed E-state index contributed by atoms with van der Waals surface area (Å²) in [6, 6.07) is 0. The van der Waals surface area contributed by atoms with Crippen LogP contribution in [-0.4, -0.2) is 34.4 Å². The van der Waals surface area contributed by atoms with E-state index in [0.29, 0.717) is 6.54 Å². The van der Waals surface area contributed by atoms with E-state index in [0.717, 1.165) is 0 Å². The molecule has 0 aromatic carbocycles. The summed E-state index contributed by atoms with van der Waals surface area (Å²) >= 11 is 8.46. The molecule has 0 spiro atoms. The fourth-order valence-electron chi connectivity index (χ4n) is 0.913. The second-order valence-corrected chi connectivity index (χ2v) is 7.64. The number of aliphatic imine (C=N–C) groups is 2. The Kier molecular flexibility index (Phi) is 6.40. The van der Waals surface area contributed by atoms with E-state index in [4.69, 9.17) is 0 Å². The molecule has 0 rings (SSSR count). The van der Waals surface area contributed by atoms with E-state index in [-0.39, 0.29) is 23.6 Å². The summed E-state index contributed by atoms with van der Waals surface area (Å²) in [5.74, 6) is -0.712. The third-order valence-corrected chi connectivity index (χ3v) is 1.92. The molecule has 0 amide bonds. The molecule has 4 nitrogen and oxygen atoms in total. The molecular weight excluding hydrogens is 256 g/mol. The van der Waals surface area contributed by atoms with Crippen molar-refractivity contribution in [3.8, 4) is 0 Å². The van der Waals surface area contributed by atoms with E-state index in [1.54, 1.807) is 0 Å². The molecule has 0 unspecified atom stereocenters. The molecule has 17 heavy (non-hydrogen) atoms. The second-order valence-electron chi connectivity index (χ2n) is 5.22. The zero-order chi connectivity index (χ0) is 13.7. The molecule has 6 heteroatoms. The molecule has 0 heterocycles. The van der Waals surface area contributed by atoms with Gasteiger partial charge >= 0.3 is 0 Å². The molecule has 0 saturated heterocycles. The number of rotatable bonds is 6. The largest absolute Gasteiger partial charge is 0.862 e. The molecule has 0 aliphatic carbocycles. The number of hydrogen-bond donors (Lipinski definition) is 2. The van der Waals surface area contributed by atoms with Crippen molar-refractivity contribution in [3.05, 3.63) is 0 Å². The van der Waals surface area contributed by atoms with E-state index in [2.05, 4.69) is 35.2 Å². The fourth-order valence-corrected chi connectivity index (χ4v) is 1.12. The van der Waals surface area contributed by atoms with E-state index in [9.17, 15) is 10.2 Å². The minimum absolute atomic E-state index is 0.188. The minimum atomic E-state index is -0.409. The first-order valence-corrected chi connectivity index (χ1v) is 6.24. The van der Waals surface area contributed by atoms with E-state index in [1.807, 2.05) is 27.7 Å². The van der Waals surface area contributed by atoms with Crippen LogP contribution in [0.15, 0.2) is 9.98 Å². The summed E-state index contributed by atoms with van der Waals surface area (Å²) in [5, 5.41) is 22.6. The predicted molar refractivity (Wildman–Crippen MR) is 75.4 cm³/mol. The summed E-state index contributed by atoms with van der Waals surface area (Å²) in [6.07, 6.45) is 0.210. The monoisotopic (exact) mass is 276 g/mol. The zero-order valence-electron chi connectivity index (χ0n) is 10.7. The van der Waals surface area contributed by atoms with Gasteiger partial charge in [0.2, 0.25) is 0 Å². The van der Waals surface area contributed by atoms with Crippen LogP contribution in [0.5, 0.6) is 0 Å². The van der Waals surface area contributed by atoms with Crippen LogP contribution in [-0.2, 0) is 0 Å². The Morgan fingerprint density at radius 1 is 0.941 bits per heavy atom. The van der Waals surface area contributed by atoms with Gasteiger partial charge in [-0.1, -0.05) is 13.8 Å². The predicted octanol–water partition coefficient (Wildman–Crippen LogP) is 0.311. The van der Waals surface area contributed by atoms with Crippen molar-refractivity contribution in [1.82, 2.24) is 0 Å². The van der Waals surface area contributed by atoms with Gasteiger partial charge in [0, 0.05) is 9.49 Å². The minimum Gasteiger partial charge on any atom is -0.862 e. The third kappa shape index (κ3) is 11.9. The second kappa shape index (κ2) is 6.54. The van der Waals surface area contributed by atoms with Gasteiger partial charge in [0.05, 0.1) is 13.1 Å². The van der Waals surface area contributed by atoms with Gasteiger partial charge in [0.1, 0.15) is 0 Å². The van der Waals surface area contributed by atoms with E-state index < -0.39 is 10.6 Å². The lowest BCUT2D eigenvalue weighted by atomic mass is 10.1. The molecule has 0 radical (unpaired) electrons. The van der Waals surface area contributed by atoms with Crippen LogP contribution in [0.1, 0.15) is 34.1 Å². The summed E-state index contributed by atoms with van der Waals surface area (Å²) in [5.41, 5.74) is 0. The highest BCUT2D eigenvalue weighted by atomic mass is 32.1. The summed E-state index contributed by atoms with van der Waals surface area (Å²) in [6.45, 7) is 7.48. The van der Waals surface area contributed by atoms with Crippen molar-refractivity contribution < 1.29 is 10.2 Å². The first kappa shape index (κ1) is 16.6. The number of hydrogen-bond acceptors (Lipinski definition) is 6. The van der Waals surface area contributed by atoms with Crippen LogP contribution in [0.2, 0.25) is 0 Å². The maximum atomic E-state index is 11.3. The van der Waals surface area contributed by atoms with Gasteiger partial charge in [0.25, 0.3) is 0 Å². The fraction of sp³-hybridized carbons (Fsp3) is 0.818. The highest BCUT2D eigenvalue weighted by Crippen LogP contribution is 2.16. The SMILES string of the molecule is CC(C)(S)CN=C([O-])CN=C([O-])CC(C)(C)S. The molecular formula is C11H20N2O2S2-2. The highest BCUT2D eigenvalue weighted by Gasteiger charge is 2.10. The Hall–Kier alpha value is -0.360. The van der Waals surface area contributed by atoms with Crippen molar-refractivity contribution in [2.45, 2.75) is 43.6 Å². The molecule has 0 aliphatic rings. The zero-order valence-corrected chi connectivity index (χ0v) is 12.5. The van der Waals surface area contributed by atoms with Gasteiger partial charge in [-0.15, -0.1) is 0 Å². The topological polar surface area (TPSA) is 70.8 Å². The van der Waals surface area contributed by atoms with Gasteiger partial charge < -0.3 is 20.2 Å². The molecule has 0 aromatic rings. The Labute approximate surface area is 114 Å². The summed E-state index contributed by atoms with van der Waals surface area (Å²) in [7, 11) is 0. The van der Waals surface area contributed by atoms with Gasteiger partial charge in [-0.25, -0.2) is 0 Å². The first-order valence-electron chi connectivity index (χ1n) is 5.35. The van der Waals surface area contributed by atoms with Gasteiger partial charge in [0.15, 0.2) is 0 Å². The average molecular weight is 276 g/mol. The molecule has 100 valence electrons. The van der Waals surface area contributed by atoms with Gasteiger partial charge in [-0.3, -0.25) is 0 Å². The lowest BCUT2D eigenvalue weighted by molar-refractivity contribution is -0.223. The molecule has 0 N–H and O–H groups in total. The van der Waals surface area contributed by atoms with Crippen LogP contribution in [0.3, 0.4) is 0 Å². The molecule has 0 aliphatic heterocycles. The number of nitrogens with zero attached hydrogens (tertiary/aromatic N) is 2. The van der Waals surface area contributed by atoms with Crippen LogP contribution < -0.4 is 10.2 Å². The van der Waals surface area contributed by atoms with Crippen molar-refractivity contribution in [2.24, 2.45) is 9.98 Å². The molecule has 0 aromatic heterocycles. The molecule has 0 saturated carbocycles. The van der Waals surface area contributed by atoms with Crippen LogP contribution in [0, 0.1) is 0 Å². The quantitative estimate of drug-likeness (QED) is 0.416. The Morgan fingerprint density at radius 3 is 1.88 bits per heavy atom. The summed E-state index contributed by atoms with van der Waals surface area (Å²) < 4.78 is -0.735. The van der Waals surface area contributed by atoms with Crippen molar-refractivity contribution in [2.75, 3.05) is 13.1 Å². The number of thiol groups is 2. The van der Waals surface area contributed by atoms with E-state index in [1.165, 1.54) is 0 Å². The Balaban J connectivity index is 4.22. The Morgan fingerprint density at radius 2 is 1.47 bits per heavy atom. The van der Waals surface area contributed by atoms with Gasteiger partial charge in [-0.2, -0.15) is 25.3 Å². The summed E-state index contributed by atoms with van der Waals surface area (Å²) in [4.78, 5) is 7.44. The van der Waals surface area contributed by atoms with Crippen molar-refractivity contribution >= 4 is 37.1 Å². The standard InChI is InChI=1S/C11H22N2O2S2/c1-10(2,16)5-8(14)12-6-9(15)13-7-11(3,4)17/h16-17H,5-7H2,1-4H3,(H,12,14)(H,13,15)/p-2. The average Bonchev–Trinajstić information content (AvgIpc) is 2.07. The van der Waals surface area contributed by atoms with Gasteiger partial charge in [-0.05, 0) is 32.1 Å². The van der Waals surface area contributed by atoms with Crippen molar-refractivity contribution in [3.63, 3.8) is 0 Å². The van der Waals surface area contributed by atoms with Crippen molar-refractivity contribution in [1.29, 1.82) is 0 Å². The normalized spacial score (nSPS) is 15.2. The lowest BCUT2D eigenvalue weighted by Crippen LogP contribution is -2.30. The van der Waals surface area contributed by atoms with Crippen LogP contribution in [0.4, 0.5) is 0 Å². The third-order valence-electron chi connectivity index (χ3n) is 1.62.